The van der Waals surface area contributed by atoms with Gasteiger partial charge in [0.1, 0.15) is 0 Å². The van der Waals surface area contributed by atoms with E-state index in [0.717, 1.165) is 24.2 Å². The van der Waals surface area contributed by atoms with Gasteiger partial charge in [0.15, 0.2) is 0 Å². The second-order valence-electron chi connectivity index (χ2n) is 6.98. The maximum atomic E-state index is 11.9. The van der Waals surface area contributed by atoms with Crippen molar-refractivity contribution >= 4 is 6.03 Å². The Bertz CT molecular complexity index is 714. The fourth-order valence-electron chi connectivity index (χ4n) is 3.24. The van der Waals surface area contributed by atoms with Crippen LogP contribution >= 0.6 is 0 Å². The van der Waals surface area contributed by atoms with Crippen LogP contribution in [0.3, 0.4) is 0 Å². The van der Waals surface area contributed by atoms with E-state index in [0.29, 0.717) is 25.0 Å². The Kier molecular flexibility index (Phi) is 4.70. The molecule has 1 atom stereocenters. The van der Waals surface area contributed by atoms with Gasteiger partial charge in [-0.3, -0.25) is 0 Å². The molecule has 3 N–H and O–H groups in total. The summed E-state index contributed by atoms with van der Waals surface area (Å²) in [5.74, 6) is 0.669. The van der Waals surface area contributed by atoms with Crippen molar-refractivity contribution in [2.45, 2.75) is 44.2 Å². The lowest BCUT2D eigenvalue weighted by Crippen LogP contribution is -2.42. The quantitative estimate of drug-likeness (QED) is 0.756. The first-order valence-electron chi connectivity index (χ1n) is 9.18. The van der Waals surface area contributed by atoms with Gasteiger partial charge >= 0.3 is 6.03 Å². The van der Waals surface area contributed by atoms with E-state index < -0.39 is 0 Å². The summed E-state index contributed by atoms with van der Waals surface area (Å²) in [5.41, 5.74) is 3.32. The van der Waals surface area contributed by atoms with Gasteiger partial charge < -0.3 is 16.0 Å². The van der Waals surface area contributed by atoms with E-state index in [1.165, 1.54) is 25.0 Å². The summed E-state index contributed by atoms with van der Waals surface area (Å²) in [4.78, 5) is 11.9. The summed E-state index contributed by atoms with van der Waals surface area (Å²) in [6.45, 7) is 2.27. The van der Waals surface area contributed by atoms with Crippen LogP contribution in [-0.4, -0.2) is 34.9 Å². The summed E-state index contributed by atoms with van der Waals surface area (Å²) >= 11 is 0. The van der Waals surface area contributed by atoms with Crippen LogP contribution in [0.25, 0.3) is 5.69 Å². The van der Waals surface area contributed by atoms with Crippen LogP contribution < -0.4 is 16.0 Å². The molecule has 2 heterocycles. The lowest BCUT2D eigenvalue weighted by atomic mass is 10.2. The van der Waals surface area contributed by atoms with E-state index in [4.69, 9.17) is 0 Å². The fraction of sp³-hybridized carbons (Fsp3) is 0.474. The minimum atomic E-state index is -0.112. The van der Waals surface area contributed by atoms with Crippen LogP contribution in [-0.2, 0) is 6.54 Å². The SMILES string of the molecule is O=C(NCc1ccc(-n2ccc(C3CC3)n2)cc1)NCC1CCCN1. The molecule has 2 fully saturated rings. The highest BCUT2D eigenvalue weighted by Gasteiger charge is 2.25. The van der Waals surface area contributed by atoms with Crippen LogP contribution in [0.5, 0.6) is 0 Å². The topological polar surface area (TPSA) is 71.0 Å². The first kappa shape index (κ1) is 16.1. The predicted molar refractivity (Wildman–Crippen MR) is 96.8 cm³/mol. The minimum Gasteiger partial charge on any atom is -0.337 e. The van der Waals surface area contributed by atoms with Crippen molar-refractivity contribution in [1.82, 2.24) is 25.7 Å². The van der Waals surface area contributed by atoms with Crippen molar-refractivity contribution in [2.24, 2.45) is 0 Å². The van der Waals surface area contributed by atoms with Gasteiger partial charge in [-0.15, -0.1) is 0 Å². The summed E-state index contributed by atoms with van der Waals surface area (Å²) < 4.78 is 1.92. The molecule has 2 aromatic rings. The van der Waals surface area contributed by atoms with Crippen LogP contribution in [0.4, 0.5) is 4.79 Å². The molecule has 1 saturated heterocycles. The number of nitrogens with one attached hydrogen (secondary N) is 3. The maximum Gasteiger partial charge on any atom is 0.315 e. The Morgan fingerprint density at radius 3 is 2.72 bits per heavy atom. The number of urea groups is 1. The van der Waals surface area contributed by atoms with Crippen molar-refractivity contribution < 1.29 is 4.79 Å². The van der Waals surface area contributed by atoms with Gasteiger partial charge in [-0.25, -0.2) is 9.48 Å². The summed E-state index contributed by atoms with van der Waals surface area (Å²) in [6.07, 6.45) is 6.88. The molecule has 2 aliphatic rings. The Morgan fingerprint density at radius 2 is 2.00 bits per heavy atom. The number of hydrogen-bond acceptors (Lipinski definition) is 3. The second-order valence-corrected chi connectivity index (χ2v) is 6.98. The zero-order valence-corrected chi connectivity index (χ0v) is 14.4. The van der Waals surface area contributed by atoms with Gasteiger partial charge in [-0.1, -0.05) is 12.1 Å². The maximum absolute atomic E-state index is 11.9. The molecule has 6 heteroatoms. The Hall–Kier alpha value is -2.34. The summed E-state index contributed by atoms with van der Waals surface area (Å²) in [6, 6.07) is 10.6. The van der Waals surface area contributed by atoms with Crippen molar-refractivity contribution in [3.05, 3.63) is 47.8 Å². The molecule has 4 rings (SSSR count). The highest BCUT2D eigenvalue weighted by molar-refractivity contribution is 5.73. The van der Waals surface area contributed by atoms with E-state index in [1.54, 1.807) is 0 Å². The molecular formula is C19H25N5O. The largest absolute Gasteiger partial charge is 0.337 e. The number of aromatic nitrogens is 2. The van der Waals surface area contributed by atoms with Crippen LogP contribution in [0.15, 0.2) is 36.5 Å². The number of benzene rings is 1. The smallest absolute Gasteiger partial charge is 0.315 e. The van der Waals surface area contributed by atoms with Crippen molar-refractivity contribution in [3.8, 4) is 5.69 Å². The molecule has 1 aromatic heterocycles. The fourth-order valence-corrected chi connectivity index (χ4v) is 3.24. The molecule has 1 saturated carbocycles. The molecule has 132 valence electrons. The first-order valence-corrected chi connectivity index (χ1v) is 9.18. The third-order valence-electron chi connectivity index (χ3n) is 4.93. The highest BCUT2D eigenvalue weighted by atomic mass is 16.2. The molecule has 0 spiro atoms. The molecular weight excluding hydrogens is 314 g/mol. The monoisotopic (exact) mass is 339 g/mol. The Morgan fingerprint density at radius 1 is 1.16 bits per heavy atom. The molecule has 2 amide bonds. The Balaban J connectivity index is 1.25. The van der Waals surface area contributed by atoms with E-state index in [2.05, 4.69) is 27.1 Å². The first-order chi connectivity index (χ1) is 12.3. The van der Waals surface area contributed by atoms with E-state index in [9.17, 15) is 4.79 Å². The normalized spacial score (nSPS) is 19.8. The molecule has 6 nitrogen and oxygen atoms in total. The number of amides is 2. The standard InChI is InChI=1S/C19H25N5O/c25-19(22-13-16-2-1-10-20-16)21-12-14-3-7-17(8-4-14)24-11-9-18(23-24)15-5-6-15/h3-4,7-9,11,15-16,20H,1-2,5-6,10,12-13H2,(H2,21,22,25). The third kappa shape index (κ3) is 4.20. The summed E-state index contributed by atoms with van der Waals surface area (Å²) in [5, 5.41) is 13.8. The number of hydrogen-bond donors (Lipinski definition) is 3. The molecule has 0 radical (unpaired) electrons. The molecule has 25 heavy (non-hydrogen) atoms. The molecule has 1 unspecified atom stereocenters. The minimum absolute atomic E-state index is 0.112. The number of rotatable bonds is 6. The molecule has 1 aliphatic carbocycles. The highest BCUT2D eigenvalue weighted by Crippen LogP contribution is 2.39. The predicted octanol–water partition coefficient (Wildman–Crippen LogP) is 2.30. The van der Waals surface area contributed by atoms with E-state index >= 15 is 0 Å². The van der Waals surface area contributed by atoms with Crippen LogP contribution in [0.2, 0.25) is 0 Å². The van der Waals surface area contributed by atoms with Crippen LogP contribution in [0, 0.1) is 0 Å². The van der Waals surface area contributed by atoms with Gasteiger partial charge in [0.25, 0.3) is 0 Å². The van der Waals surface area contributed by atoms with Crippen LogP contribution in [0.1, 0.15) is 42.9 Å². The summed E-state index contributed by atoms with van der Waals surface area (Å²) in [7, 11) is 0. The number of carbonyl (C=O) groups excluding carboxylic acids is 1. The zero-order valence-electron chi connectivity index (χ0n) is 14.4. The van der Waals surface area contributed by atoms with Gasteiger partial charge in [0, 0.05) is 31.2 Å². The average molecular weight is 339 g/mol. The number of carbonyl (C=O) groups is 1. The van der Waals surface area contributed by atoms with E-state index in [1.807, 2.05) is 35.1 Å². The van der Waals surface area contributed by atoms with Gasteiger partial charge in [-0.2, -0.15) is 5.10 Å². The van der Waals surface area contributed by atoms with Gasteiger partial charge in [0.05, 0.1) is 11.4 Å². The van der Waals surface area contributed by atoms with Crippen molar-refractivity contribution in [2.75, 3.05) is 13.1 Å². The van der Waals surface area contributed by atoms with Crippen molar-refractivity contribution in [1.29, 1.82) is 0 Å². The van der Waals surface area contributed by atoms with Gasteiger partial charge in [-0.05, 0) is 56.0 Å². The van der Waals surface area contributed by atoms with E-state index in [-0.39, 0.29) is 6.03 Å². The Labute approximate surface area is 148 Å². The second kappa shape index (κ2) is 7.27. The lowest BCUT2D eigenvalue weighted by Gasteiger charge is -2.12. The average Bonchev–Trinajstić information content (AvgIpc) is 3.15. The third-order valence-corrected chi connectivity index (χ3v) is 4.93. The number of nitrogens with zero attached hydrogens (tertiary/aromatic N) is 2. The molecule has 0 bridgehead atoms. The lowest BCUT2D eigenvalue weighted by molar-refractivity contribution is 0.239. The van der Waals surface area contributed by atoms with Crippen molar-refractivity contribution in [3.63, 3.8) is 0 Å². The van der Waals surface area contributed by atoms with Gasteiger partial charge in [0.2, 0.25) is 0 Å². The zero-order chi connectivity index (χ0) is 17.1. The molecule has 1 aliphatic heterocycles. The molecule has 1 aromatic carbocycles.